The van der Waals surface area contributed by atoms with Gasteiger partial charge in [0.2, 0.25) is 0 Å². The van der Waals surface area contributed by atoms with Crippen LogP contribution in [0.4, 0.5) is 11.4 Å². The predicted molar refractivity (Wildman–Crippen MR) is 114 cm³/mol. The molecule has 0 saturated carbocycles. The molecular weight excluding hydrogens is 348 g/mol. The molecule has 1 N–H and O–H groups in total. The lowest BCUT2D eigenvalue weighted by Gasteiger charge is -2.21. The average molecular weight is 372 g/mol. The van der Waals surface area contributed by atoms with Crippen LogP contribution < -0.4 is 10.2 Å². The third-order valence-electron chi connectivity index (χ3n) is 4.79. The van der Waals surface area contributed by atoms with E-state index in [1.54, 1.807) is 29.2 Å². The number of carbonyl (C=O) groups is 2. The van der Waals surface area contributed by atoms with Crippen LogP contribution in [-0.2, 0) is 0 Å². The third kappa shape index (κ3) is 4.29. The van der Waals surface area contributed by atoms with E-state index in [2.05, 4.69) is 5.32 Å². The van der Waals surface area contributed by atoms with Gasteiger partial charge in [-0.15, -0.1) is 0 Å². The van der Waals surface area contributed by atoms with E-state index in [-0.39, 0.29) is 11.8 Å². The molecule has 28 heavy (non-hydrogen) atoms. The zero-order valence-electron chi connectivity index (χ0n) is 16.4. The van der Waals surface area contributed by atoms with Crippen LogP contribution in [0.15, 0.2) is 72.8 Å². The van der Waals surface area contributed by atoms with Crippen LogP contribution in [0, 0.1) is 13.8 Å². The number of hydrogen-bond acceptors (Lipinski definition) is 2. The smallest absolute Gasteiger partial charge is 0.258 e. The van der Waals surface area contributed by atoms with Crippen LogP contribution in [0.25, 0.3) is 0 Å². The molecule has 2 amide bonds. The lowest BCUT2D eigenvalue weighted by atomic mass is 10.1. The van der Waals surface area contributed by atoms with Gasteiger partial charge in [0.15, 0.2) is 0 Å². The highest BCUT2D eigenvalue weighted by Gasteiger charge is 2.16. The van der Waals surface area contributed by atoms with Crippen molar-refractivity contribution in [3.63, 3.8) is 0 Å². The molecule has 3 aromatic rings. The summed E-state index contributed by atoms with van der Waals surface area (Å²) in [5, 5.41) is 2.90. The van der Waals surface area contributed by atoms with Gasteiger partial charge in [0, 0.05) is 29.0 Å². The summed E-state index contributed by atoms with van der Waals surface area (Å²) in [6.07, 6.45) is 0. The molecular formula is C24H24N2O2. The first-order valence-corrected chi connectivity index (χ1v) is 9.35. The van der Waals surface area contributed by atoms with E-state index in [0.717, 1.165) is 16.9 Å². The van der Waals surface area contributed by atoms with Gasteiger partial charge in [-0.2, -0.15) is 0 Å². The van der Waals surface area contributed by atoms with Crippen LogP contribution in [0.5, 0.6) is 0 Å². The van der Waals surface area contributed by atoms with E-state index >= 15 is 0 Å². The zero-order chi connectivity index (χ0) is 20.1. The lowest BCUT2D eigenvalue weighted by Crippen LogP contribution is -2.30. The molecule has 3 aromatic carbocycles. The van der Waals surface area contributed by atoms with Gasteiger partial charge < -0.3 is 10.2 Å². The molecule has 142 valence electrons. The standard InChI is InChI=1S/C24H24N2O2/c1-4-26(22-8-6-5-7-9-22)24(28)20-13-11-19(12-14-20)23(27)25-21-15-10-17(2)18(3)16-21/h5-16H,4H2,1-3H3,(H,25,27). The number of anilines is 2. The molecule has 0 aliphatic rings. The summed E-state index contributed by atoms with van der Waals surface area (Å²) in [7, 11) is 0. The molecule has 0 bridgehead atoms. The first kappa shape index (κ1) is 19.4. The predicted octanol–water partition coefficient (Wildman–Crippen LogP) is 5.22. The molecule has 4 heteroatoms. The van der Waals surface area contributed by atoms with Crippen molar-refractivity contribution in [2.75, 3.05) is 16.8 Å². The topological polar surface area (TPSA) is 49.4 Å². The van der Waals surface area contributed by atoms with Gasteiger partial charge in [-0.3, -0.25) is 9.59 Å². The fourth-order valence-electron chi connectivity index (χ4n) is 2.99. The van der Waals surface area contributed by atoms with Crippen molar-refractivity contribution in [2.45, 2.75) is 20.8 Å². The molecule has 4 nitrogen and oxygen atoms in total. The highest BCUT2D eigenvalue weighted by Crippen LogP contribution is 2.18. The van der Waals surface area contributed by atoms with Crippen LogP contribution >= 0.6 is 0 Å². The number of para-hydroxylation sites is 1. The maximum absolute atomic E-state index is 12.8. The van der Waals surface area contributed by atoms with Gasteiger partial charge in [-0.1, -0.05) is 24.3 Å². The van der Waals surface area contributed by atoms with Crippen molar-refractivity contribution in [3.8, 4) is 0 Å². The van der Waals surface area contributed by atoms with Gasteiger partial charge in [0.25, 0.3) is 11.8 Å². The van der Waals surface area contributed by atoms with Gasteiger partial charge in [-0.05, 0) is 80.4 Å². The average Bonchev–Trinajstić information content (AvgIpc) is 2.72. The van der Waals surface area contributed by atoms with E-state index < -0.39 is 0 Å². The highest BCUT2D eigenvalue weighted by atomic mass is 16.2. The summed E-state index contributed by atoms with van der Waals surface area (Å²) in [5.74, 6) is -0.285. The van der Waals surface area contributed by atoms with Crippen LogP contribution in [0.2, 0.25) is 0 Å². The first-order valence-electron chi connectivity index (χ1n) is 9.35. The number of nitrogens with zero attached hydrogens (tertiary/aromatic N) is 1. The Morgan fingerprint density at radius 3 is 2.07 bits per heavy atom. The van der Waals surface area contributed by atoms with Crippen LogP contribution in [0.3, 0.4) is 0 Å². The molecule has 0 atom stereocenters. The SMILES string of the molecule is CCN(C(=O)c1ccc(C(=O)Nc2ccc(C)c(C)c2)cc1)c1ccccc1. The molecule has 0 saturated heterocycles. The lowest BCUT2D eigenvalue weighted by molar-refractivity contribution is 0.0985. The summed E-state index contributed by atoms with van der Waals surface area (Å²) in [6.45, 7) is 6.55. The molecule has 0 spiro atoms. The number of nitrogens with one attached hydrogen (secondary N) is 1. The minimum atomic E-state index is -0.197. The first-order chi connectivity index (χ1) is 13.5. The fourth-order valence-corrected chi connectivity index (χ4v) is 2.99. The summed E-state index contributed by atoms with van der Waals surface area (Å²) in [6, 6.07) is 22.1. The number of rotatable bonds is 5. The molecule has 0 aromatic heterocycles. The van der Waals surface area contributed by atoms with Crippen LogP contribution in [-0.4, -0.2) is 18.4 Å². The summed E-state index contributed by atoms with van der Waals surface area (Å²) in [4.78, 5) is 27.1. The molecule has 0 aliphatic heterocycles. The molecule has 0 unspecified atom stereocenters. The largest absolute Gasteiger partial charge is 0.322 e. The van der Waals surface area contributed by atoms with E-state index in [1.807, 2.05) is 69.3 Å². The Kier molecular flexibility index (Phi) is 5.90. The molecule has 0 aliphatic carbocycles. The summed E-state index contributed by atoms with van der Waals surface area (Å²) >= 11 is 0. The van der Waals surface area contributed by atoms with E-state index in [9.17, 15) is 9.59 Å². The number of carbonyl (C=O) groups excluding carboxylic acids is 2. The van der Waals surface area contributed by atoms with Crippen molar-refractivity contribution < 1.29 is 9.59 Å². The highest BCUT2D eigenvalue weighted by molar-refractivity contribution is 6.08. The van der Waals surface area contributed by atoms with Gasteiger partial charge in [0.1, 0.15) is 0 Å². The normalized spacial score (nSPS) is 10.4. The number of aryl methyl sites for hydroxylation is 2. The van der Waals surface area contributed by atoms with Crippen molar-refractivity contribution in [1.29, 1.82) is 0 Å². The second-order valence-corrected chi connectivity index (χ2v) is 6.72. The van der Waals surface area contributed by atoms with Gasteiger partial charge >= 0.3 is 0 Å². The quantitative estimate of drug-likeness (QED) is 0.667. The maximum atomic E-state index is 12.8. The summed E-state index contributed by atoms with van der Waals surface area (Å²) in [5.41, 5.74) is 4.98. The minimum Gasteiger partial charge on any atom is -0.322 e. The Bertz CT molecular complexity index is 979. The van der Waals surface area contributed by atoms with Crippen LogP contribution in [0.1, 0.15) is 38.8 Å². The number of hydrogen-bond donors (Lipinski definition) is 1. The number of benzene rings is 3. The van der Waals surface area contributed by atoms with Crippen molar-refractivity contribution >= 4 is 23.2 Å². The Hall–Kier alpha value is -3.40. The minimum absolute atomic E-state index is 0.0881. The molecule has 3 rings (SSSR count). The number of amides is 2. The molecule has 0 fully saturated rings. The van der Waals surface area contributed by atoms with Crippen molar-refractivity contribution in [3.05, 3.63) is 95.1 Å². The van der Waals surface area contributed by atoms with E-state index in [4.69, 9.17) is 0 Å². The van der Waals surface area contributed by atoms with E-state index in [0.29, 0.717) is 17.7 Å². The van der Waals surface area contributed by atoms with E-state index in [1.165, 1.54) is 5.56 Å². The molecule has 0 radical (unpaired) electrons. The Balaban J connectivity index is 1.74. The van der Waals surface area contributed by atoms with Crippen molar-refractivity contribution in [1.82, 2.24) is 0 Å². The third-order valence-corrected chi connectivity index (χ3v) is 4.79. The Labute approximate surface area is 165 Å². The Morgan fingerprint density at radius 1 is 0.821 bits per heavy atom. The molecule has 0 heterocycles. The second-order valence-electron chi connectivity index (χ2n) is 6.72. The van der Waals surface area contributed by atoms with Gasteiger partial charge in [-0.25, -0.2) is 0 Å². The van der Waals surface area contributed by atoms with Crippen molar-refractivity contribution in [2.24, 2.45) is 0 Å². The summed E-state index contributed by atoms with van der Waals surface area (Å²) < 4.78 is 0. The van der Waals surface area contributed by atoms with Gasteiger partial charge in [0.05, 0.1) is 0 Å². The monoisotopic (exact) mass is 372 g/mol. The zero-order valence-corrected chi connectivity index (χ0v) is 16.4. The fraction of sp³-hybridized carbons (Fsp3) is 0.167. The second kappa shape index (κ2) is 8.53. The maximum Gasteiger partial charge on any atom is 0.258 e. The Morgan fingerprint density at radius 2 is 1.46 bits per heavy atom.